The highest BCUT2D eigenvalue weighted by molar-refractivity contribution is 7.90. The second kappa shape index (κ2) is 6.48. The molecule has 0 amide bonds. The van der Waals surface area contributed by atoms with E-state index in [2.05, 4.69) is 4.40 Å². The minimum Gasteiger partial charge on any atom is -0.290 e. The molecule has 0 bridgehead atoms. The van der Waals surface area contributed by atoms with E-state index in [1.165, 1.54) is 30.4 Å². The molecule has 0 saturated heterocycles. The zero-order valence-corrected chi connectivity index (χ0v) is 14.2. The summed E-state index contributed by atoms with van der Waals surface area (Å²) in [5, 5.41) is 10.8. The Morgan fingerprint density at radius 1 is 1.21 bits per heavy atom. The summed E-state index contributed by atoms with van der Waals surface area (Å²) in [4.78, 5) is 21.7. The van der Waals surface area contributed by atoms with Gasteiger partial charge in [-0.25, -0.2) is 0 Å². The van der Waals surface area contributed by atoms with E-state index >= 15 is 0 Å². The average molecular weight is 348 g/mol. The molecule has 8 heteroatoms. The molecule has 24 heavy (non-hydrogen) atoms. The molecular weight excluding hydrogens is 332 g/mol. The van der Waals surface area contributed by atoms with Gasteiger partial charge in [0.15, 0.2) is 5.78 Å². The smallest absolute Gasteiger partial charge is 0.283 e. The minimum absolute atomic E-state index is 0.0997. The second-order valence-electron chi connectivity index (χ2n) is 5.65. The monoisotopic (exact) mass is 348 g/mol. The van der Waals surface area contributed by atoms with Crippen molar-refractivity contribution in [1.29, 1.82) is 0 Å². The molecule has 0 N–H and O–H groups in total. The number of nitro groups is 1. The first-order valence-corrected chi connectivity index (χ1v) is 8.60. The summed E-state index contributed by atoms with van der Waals surface area (Å²) < 4.78 is 28.8. The predicted octanol–water partition coefficient (Wildman–Crippen LogP) is 2.84. The Hall–Kier alpha value is -2.61. The van der Waals surface area contributed by atoms with E-state index in [1.54, 1.807) is 6.92 Å². The molecule has 0 saturated carbocycles. The zero-order chi connectivity index (χ0) is 18.1. The van der Waals surface area contributed by atoms with Crippen LogP contribution in [0.5, 0.6) is 0 Å². The van der Waals surface area contributed by atoms with Gasteiger partial charge in [0.05, 0.1) is 15.5 Å². The van der Waals surface area contributed by atoms with Gasteiger partial charge in [-0.15, -0.1) is 0 Å². The van der Waals surface area contributed by atoms with E-state index in [1.807, 2.05) is 13.8 Å². The van der Waals surface area contributed by atoms with Crippen molar-refractivity contribution in [2.75, 3.05) is 0 Å². The van der Waals surface area contributed by atoms with Gasteiger partial charge in [0.25, 0.3) is 15.7 Å². The number of carbonyl (C=O) groups is 1. The van der Waals surface area contributed by atoms with Gasteiger partial charge in [-0.1, -0.05) is 19.9 Å². The SMILES string of the molecule is CC1=CC(=NS(=O)(=O)c2cccc([N+](=O)[O-])c2)C(C(C)C)=CC1=O. The number of nitro benzene ring substituents is 1. The van der Waals surface area contributed by atoms with Crippen molar-refractivity contribution in [2.24, 2.45) is 10.3 Å². The zero-order valence-electron chi connectivity index (χ0n) is 13.4. The molecule has 0 radical (unpaired) electrons. The van der Waals surface area contributed by atoms with Crippen molar-refractivity contribution < 1.29 is 18.1 Å². The van der Waals surface area contributed by atoms with Gasteiger partial charge in [-0.3, -0.25) is 14.9 Å². The number of ketones is 1. The molecule has 0 unspecified atom stereocenters. The predicted molar refractivity (Wildman–Crippen MR) is 89.4 cm³/mol. The fraction of sp³-hybridized carbons (Fsp3) is 0.250. The molecule has 0 aliphatic heterocycles. The summed E-state index contributed by atoms with van der Waals surface area (Å²) >= 11 is 0. The van der Waals surface area contributed by atoms with Gasteiger partial charge in [0.2, 0.25) is 0 Å². The quantitative estimate of drug-likeness (QED) is 0.472. The van der Waals surface area contributed by atoms with Crippen molar-refractivity contribution in [3.05, 3.63) is 57.7 Å². The van der Waals surface area contributed by atoms with Gasteiger partial charge in [0, 0.05) is 12.1 Å². The summed E-state index contributed by atoms with van der Waals surface area (Å²) in [6.07, 6.45) is 2.80. The lowest BCUT2D eigenvalue weighted by atomic mass is 9.90. The first-order valence-electron chi connectivity index (χ1n) is 7.16. The van der Waals surface area contributed by atoms with E-state index in [-0.39, 0.29) is 28.0 Å². The van der Waals surface area contributed by atoms with Gasteiger partial charge in [-0.05, 0) is 42.2 Å². The molecule has 1 aliphatic rings. The van der Waals surface area contributed by atoms with Crippen LogP contribution in [0, 0.1) is 16.0 Å². The van der Waals surface area contributed by atoms with Crippen LogP contribution in [0.4, 0.5) is 5.69 Å². The second-order valence-corrected chi connectivity index (χ2v) is 7.26. The number of sulfonamides is 1. The van der Waals surface area contributed by atoms with Crippen LogP contribution < -0.4 is 0 Å². The molecule has 0 spiro atoms. The first-order chi connectivity index (χ1) is 11.1. The maximum Gasteiger partial charge on any atom is 0.283 e. The van der Waals surface area contributed by atoms with Crippen LogP contribution in [-0.4, -0.2) is 24.8 Å². The van der Waals surface area contributed by atoms with Gasteiger partial charge in [-0.2, -0.15) is 12.8 Å². The third kappa shape index (κ3) is 3.65. The van der Waals surface area contributed by atoms with Gasteiger partial charge in [0.1, 0.15) is 0 Å². The molecule has 2 rings (SSSR count). The van der Waals surface area contributed by atoms with Crippen LogP contribution in [-0.2, 0) is 14.8 Å². The van der Waals surface area contributed by atoms with Crippen molar-refractivity contribution in [2.45, 2.75) is 25.7 Å². The average Bonchev–Trinajstić information content (AvgIpc) is 2.50. The van der Waals surface area contributed by atoms with Crippen LogP contribution in [0.25, 0.3) is 0 Å². The van der Waals surface area contributed by atoms with Crippen molar-refractivity contribution in [3.63, 3.8) is 0 Å². The van der Waals surface area contributed by atoms with Crippen molar-refractivity contribution in [3.8, 4) is 0 Å². The van der Waals surface area contributed by atoms with E-state index < -0.39 is 14.9 Å². The van der Waals surface area contributed by atoms with E-state index in [0.29, 0.717) is 11.1 Å². The minimum atomic E-state index is -4.14. The lowest BCUT2D eigenvalue weighted by molar-refractivity contribution is -0.385. The lowest BCUT2D eigenvalue weighted by Gasteiger charge is -2.16. The molecule has 1 aromatic carbocycles. The highest BCUT2D eigenvalue weighted by atomic mass is 32.2. The molecule has 0 atom stereocenters. The number of hydrogen-bond acceptors (Lipinski definition) is 5. The van der Waals surface area contributed by atoms with Gasteiger partial charge >= 0.3 is 0 Å². The Morgan fingerprint density at radius 2 is 1.88 bits per heavy atom. The number of nitrogens with zero attached hydrogens (tertiary/aromatic N) is 2. The topological polar surface area (TPSA) is 107 Å². The number of allylic oxidation sites excluding steroid dienone is 4. The maximum absolute atomic E-state index is 12.5. The molecule has 7 nitrogen and oxygen atoms in total. The number of hydrogen-bond donors (Lipinski definition) is 0. The summed E-state index contributed by atoms with van der Waals surface area (Å²) in [5.74, 6) is -0.289. The van der Waals surface area contributed by atoms with Crippen molar-refractivity contribution >= 4 is 27.2 Å². The number of non-ortho nitro benzene ring substituents is 1. The molecule has 0 fully saturated rings. The fourth-order valence-corrected chi connectivity index (χ4v) is 3.21. The van der Waals surface area contributed by atoms with E-state index in [0.717, 1.165) is 6.07 Å². The first kappa shape index (κ1) is 17.7. The Morgan fingerprint density at radius 3 is 2.46 bits per heavy atom. The van der Waals surface area contributed by atoms with E-state index in [9.17, 15) is 23.3 Å². The Bertz CT molecular complexity index is 908. The molecule has 1 aromatic rings. The van der Waals surface area contributed by atoms with Crippen LogP contribution >= 0.6 is 0 Å². The van der Waals surface area contributed by atoms with Crippen LogP contribution in [0.3, 0.4) is 0 Å². The standard InChI is InChI=1S/C16H16N2O5S/c1-10(2)14-9-16(19)11(3)7-15(14)17-24(22,23)13-6-4-5-12(8-13)18(20)21/h4-10H,1-3H3. The normalized spacial score (nSPS) is 17.0. The third-order valence-electron chi connectivity index (χ3n) is 3.49. The Labute approximate surface area is 139 Å². The summed E-state index contributed by atoms with van der Waals surface area (Å²) in [6.45, 7) is 5.22. The summed E-state index contributed by atoms with van der Waals surface area (Å²) in [5.41, 5.74) is 0.738. The highest BCUT2D eigenvalue weighted by Gasteiger charge is 2.23. The Kier molecular flexibility index (Phi) is 4.79. The number of rotatable bonds is 4. The number of carbonyl (C=O) groups excluding carboxylic acids is 1. The largest absolute Gasteiger partial charge is 0.290 e. The van der Waals surface area contributed by atoms with Gasteiger partial charge < -0.3 is 0 Å². The molecule has 126 valence electrons. The van der Waals surface area contributed by atoms with Crippen LogP contribution in [0.15, 0.2) is 56.9 Å². The fourth-order valence-electron chi connectivity index (χ4n) is 2.17. The summed E-state index contributed by atoms with van der Waals surface area (Å²) in [7, 11) is -4.14. The molecule has 0 heterocycles. The van der Waals surface area contributed by atoms with E-state index in [4.69, 9.17) is 0 Å². The maximum atomic E-state index is 12.5. The molecule has 1 aliphatic carbocycles. The van der Waals surface area contributed by atoms with Crippen LogP contribution in [0.2, 0.25) is 0 Å². The number of benzene rings is 1. The van der Waals surface area contributed by atoms with Crippen molar-refractivity contribution in [1.82, 2.24) is 0 Å². The third-order valence-corrected chi connectivity index (χ3v) is 4.78. The lowest BCUT2D eigenvalue weighted by Crippen LogP contribution is -2.17. The molecule has 0 aromatic heterocycles. The molecular formula is C16H16N2O5S. The summed E-state index contributed by atoms with van der Waals surface area (Å²) in [6, 6.07) is 4.70. The highest BCUT2D eigenvalue weighted by Crippen LogP contribution is 2.24. The Balaban J connectivity index is 2.55. The van der Waals surface area contributed by atoms with Crippen LogP contribution in [0.1, 0.15) is 20.8 Å².